The molecule has 3 rings (SSSR count). The molecule has 0 saturated heterocycles. The van der Waals surface area contributed by atoms with E-state index < -0.39 is 10.0 Å². The maximum atomic E-state index is 12.6. The SMILES string of the molecule is Cc1ccccc1NC(=O)c1cccc(S(=O)(=O)Nc2ccc(Cl)cc2)c1. The first-order valence-corrected chi connectivity index (χ1v) is 9.97. The Morgan fingerprint density at radius 3 is 2.33 bits per heavy atom. The summed E-state index contributed by atoms with van der Waals surface area (Å²) in [5, 5.41) is 3.30. The van der Waals surface area contributed by atoms with E-state index in [0.29, 0.717) is 16.4 Å². The Morgan fingerprint density at radius 1 is 0.926 bits per heavy atom. The number of sulfonamides is 1. The van der Waals surface area contributed by atoms with Crippen LogP contribution < -0.4 is 10.0 Å². The average Bonchev–Trinajstić information content (AvgIpc) is 2.65. The summed E-state index contributed by atoms with van der Waals surface area (Å²) in [5.41, 5.74) is 2.22. The molecule has 0 aliphatic heterocycles. The highest BCUT2D eigenvalue weighted by Crippen LogP contribution is 2.20. The Hall–Kier alpha value is -2.83. The normalized spacial score (nSPS) is 11.0. The highest BCUT2D eigenvalue weighted by atomic mass is 35.5. The van der Waals surface area contributed by atoms with Crippen LogP contribution in [0.15, 0.2) is 77.7 Å². The van der Waals surface area contributed by atoms with Crippen molar-refractivity contribution in [3.63, 3.8) is 0 Å². The first kappa shape index (κ1) is 18.9. The van der Waals surface area contributed by atoms with Crippen molar-refractivity contribution in [2.75, 3.05) is 10.0 Å². The zero-order valence-electron chi connectivity index (χ0n) is 14.4. The number of amides is 1. The second-order valence-corrected chi connectivity index (χ2v) is 8.03. The molecule has 0 aliphatic carbocycles. The smallest absolute Gasteiger partial charge is 0.261 e. The van der Waals surface area contributed by atoms with Gasteiger partial charge in [0.15, 0.2) is 0 Å². The molecule has 0 aliphatic rings. The number of anilines is 2. The van der Waals surface area contributed by atoms with Crippen molar-refractivity contribution in [1.29, 1.82) is 0 Å². The molecule has 0 heterocycles. The summed E-state index contributed by atoms with van der Waals surface area (Å²) in [6, 6.07) is 19.5. The Bertz CT molecular complexity index is 1080. The summed E-state index contributed by atoms with van der Waals surface area (Å²) in [5.74, 6) is -0.382. The topological polar surface area (TPSA) is 75.3 Å². The molecule has 138 valence electrons. The standard InChI is InChI=1S/C20H17ClN2O3S/c1-14-5-2-3-8-19(14)22-20(24)15-6-4-7-18(13-15)27(25,26)23-17-11-9-16(21)10-12-17/h2-13,23H,1H3,(H,22,24). The van der Waals surface area contributed by atoms with E-state index in [1.165, 1.54) is 18.2 Å². The lowest BCUT2D eigenvalue weighted by atomic mass is 10.1. The molecule has 3 aromatic rings. The summed E-state index contributed by atoms with van der Waals surface area (Å²) in [4.78, 5) is 12.5. The van der Waals surface area contributed by atoms with E-state index in [-0.39, 0.29) is 16.4 Å². The second kappa shape index (κ2) is 7.82. The maximum absolute atomic E-state index is 12.6. The minimum atomic E-state index is -3.84. The van der Waals surface area contributed by atoms with Crippen LogP contribution in [-0.4, -0.2) is 14.3 Å². The van der Waals surface area contributed by atoms with Crippen LogP contribution in [0.3, 0.4) is 0 Å². The molecule has 0 bridgehead atoms. The zero-order valence-corrected chi connectivity index (χ0v) is 16.0. The van der Waals surface area contributed by atoms with Gasteiger partial charge in [0.2, 0.25) is 0 Å². The van der Waals surface area contributed by atoms with E-state index >= 15 is 0 Å². The maximum Gasteiger partial charge on any atom is 0.261 e. The Balaban J connectivity index is 1.83. The van der Waals surface area contributed by atoms with Crippen molar-refractivity contribution in [1.82, 2.24) is 0 Å². The van der Waals surface area contributed by atoms with E-state index in [1.54, 1.807) is 36.4 Å². The number of carbonyl (C=O) groups excluding carboxylic acids is 1. The number of hydrogen-bond donors (Lipinski definition) is 2. The third-order valence-corrected chi connectivity index (χ3v) is 5.53. The molecule has 0 radical (unpaired) electrons. The van der Waals surface area contributed by atoms with E-state index in [4.69, 9.17) is 11.6 Å². The first-order chi connectivity index (χ1) is 12.8. The van der Waals surface area contributed by atoms with Gasteiger partial charge in [-0.05, 0) is 61.0 Å². The number of aryl methyl sites for hydroxylation is 1. The van der Waals surface area contributed by atoms with Gasteiger partial charge in [0.1, 0.15) is 0 Å². The van der Waals surface area contributed by atoms with Crippen LogP contribution in [0.5, 0.6) is 0 Å². The van der Waals surface area contributed by atoms with E-state index in [9.17, 15) is 13.2 Å². The summed E-state index contributed by atoms with van der Waals surface area (Å²) in [6.45, 7) is 1.88. The van der Waals surface area contributed by atoms with Gasteiger partial charge in [-0.3, -0.25) is 9.52 Å². The monoisotopic (exact) mass is 400 g/mol. The molecular formula is C20H17ClN2O3S. The molecule has 0 unspecified atom stereocenters. The van der Waals surface area contributed by atoms with Gasteiger partial charge in [-0.1, -0.05) is 35.9 Å². The predicted octanol–water partition coefficient (Wildman–Crippen LogP) is 4.70. The molecule has 0 aromatic heterocycles. The number of nitrogens with one attached hydrogen (secondary N) is 2. The molecule has 0 atom stereocenters. The van der Waals surface area contributed by atoms with Crippen LogP contribution >= 0.6 is 11.6 Å². The highest BCUT2D eigenvalue weighted by Gasteiger charge is 2.17. The minimum absolute atomic E-state index is 0.00474. The zero-order chi connectivity index (χ0) is 19.4. The Kier molecular flexibility index (Phi) is 5.48. The lowest BCUT2D eigenvalue weighted by Crippen LogP contribution is -2.16. The number of halogens is 1. The van der Waals surface area contributed by atoms with Crippen molar-refractivity contribution in [3.8, 4) is 0 Å². The third kappa shape index (κ3) is 4.67. The van der Waals surface area contributed by atoms with Gasteiger partial charge in [0.05, 0.1) is 4.90 Å². The van der Waals surface area contributed by atoms with Crippen molar-refractivity contribution < 1.29 is 13.2 Å². The van der Waals surface area contributed by atoms with Crippen molar-refractivity contribution in [2.45, 2.75) is 11.8 Å². The Morgan fingerprint density at radius 2 is 1.63 bits per heavy atom. The molecule has 5 nitrogen and oxygen atoms in total. The average molecular weight is 401 g/mol. The summed E-state index contributed by atoms with van der Waals surface area (Å²) >= 11 is 5.81. The predicted molar refractivity (Wildman–Crippen MR) is 108 cm³/mol. The molecule has 3 aromatic carbocycles. The van der Waals surface area contributed by atoms with Crippen LogP contribution in [0.4, 0.5) is 11.4 Å². The quantitative estimate of drug-likeness (QED) is 0.651. The molecule has 7 heteroatoms. The molecule has 0 saturated carbocycles. The van der Waals surface area contributed by atoms with Crippen molar-refractivity contribution >= 4 is 38.9 Å². The van der Waals surface area contributed by atoms with Crippen molar-refractivity contribution in [3.05, 3.63) is 88.9 Å². The number of benzene rings is 3. The minimum Gasteiger partial charge on any atom is -0.322 e. The van der Waals surface area contributed by atoms with Gasteiger partial charge in [0, 0.05) is 22.0 Å². The van der Waals surface area contributed by atoms with E-state index in [1.807, 2.05) is 25.1 Å². The first-order valence-electron chi connectivity index (χ1n) is 8.10. The number of para-hydroxylation sites is 1. The van der Waals surface area contributed by atoms with Crippen LogP contribution in [0.2, 0.25) is 5.02 Å². The highest BCUT2D eigenvalue weighted by molar-refractivity contribution is 7.92. The molecular weight excluding hydrogens is 384 g/mol. The van der Waals surface area contributed by atoms with Crippen LogP contribution in [0.25, 0.3) is 0 Å². The molecule has 2 N–H and O–H groups in total. The molecule has 0 fully saturated rings. The number of hydrogen-bond acceptors (Lipinski definition) is 3. The van der Waals surface area contributed by atoms with Crippen LogP contribution in [0, 0.1) is 6.92 Å². The molecule has 1 amide bonds. The molecule has 27 heavy (non-hydrogen) atoms. The van der Waals surface area contributed by atoms with Gasteiger partial charge in [-0.25, -0.2) is 8.42 Å². The van der Waals surface area contributed by atoms with Gasteiger partial charge in [-0.2, -0.15) is 0 Å². The lowest BCUT2D eigenvalue weighted by molar-refractivity contribution is 0.102. The Labute approximate surface area is 163 Å². The molecule has 0 spiro atoms. The van der Waals surface area contributed by atoms with Gasteiger partial charge in [-0.15, -0.1) is 0 Å². The van der Waals surface area contributed by atoms with Gasteiger partial charge >= 0.3 is 0 Å². The van der Waals surface area contributed by atoms with E-state index in [0.717, 1.165) is 5.56 Å². The fraction of sp³-hybridized carbons (Fsp3) is 0.0500. The van der Waals surface area contributed by atoms with Crippen LogP contribution in [-0.2, 0) is 10.0 Å². The fourth-order valence-corrected chi connectivity index (χ4v) is 3.67. The van der Waals surface area contributed by atoms with E-state index in [2.05, 4.69) is 10.0 Å². The second-order valence-electron chi connectivity index (χ2n) is 5.91. The summed E-state index contributed by atoms with van der Waals surface area (Å²) in [6.07, 6.45) is 0. The van der Waals surface area contributed by atoms with Crippen molar-refractivity contribution in [2.24, 2.45) is 0 Å². The third-order valence-electron chi connectivity index (χ3n) is 3.90. The van der Waals surface area contributed by atoms with Crippen LogP contribution in [0.1, 0.15) is 15.9 Å². The lowest BCUT2D eigenvalue weighted by Gasteiger charge is -2.11. The number of carbonyl (C=O) groups is 1. The largest absolute Gasteiger partial charge is 0.322 e. The summed E-state index contributed by atoms with van der Waals surface area (Å²) in [7, 11) is -3.84. The van der Waals surface area contributed by atoms with Gasteiger partial charge in [0.25, 0.3) is 15.9 Å². The fourth-order valence-electron chi connectivity index (χ4n) is 2.44. The van der Waals surface area contributed by atoms with Gasteiger partial charge < -0.3 is 5.32 Å². The summed E-state index contributed by atoms with van der Waals surface area (Å²) < 4.78 is 27.7. The number of rotatable bonds is 5.